The van der Waals surface area contributed by atoms with E-state index in [2.05, 4.69) is 181 Å². The molecule has 1 aliphatic carbocycles. The molecule has 45 heavy (non-hydrogen) atoms. The minimum atomic E-state index is -0.408. The van der Waals surface area contributed by atoms with E-state index in [1.807, 2.05) is 11.3 Å². The molecule has 0 saturated carbocycles. The van der Waals surface area contributed by atoms with Crippen LogP contribution in [0.25, 0.3) is 31.3 Å². The van der Waals surface area contributed by atoms with Crippen molar-refractivity contribution in [3.63, 3.8) is 0 Å². The number of hydrogen-bond acceptors (Lipinski definition) is 2. The van der Waals surface area contributed by atoms with Crippen molar-refractivity contribution in [1.82, 2.24) is 0 Å². The highest BCUT2D eigenvalue weighted by Gasteiger charge is 2.45. The molecule has 2 heteroatoms. The summed E-state index contributed by atoms with van der Waals surface area (Å²) in [4.78, 5) is 2.35. The van der Waals surface area contributed by atoms with Gasteiger partial charge in [0.05, 0.1) is 5.41 Å². The molecule has 1 heterocycles. The van der Waals surface area contributed by atoms with Crippen molar-refractivity contribution >= 4 is 48.6 Å². The molecule has 0 aliphatic heterocycles. The lowest BCUT2D eigenvalue weighted by Gasteiger charge is -2.34. The molecule has 0 saturated heterocycles. The number of hydrogen-bond donors (Lipinski definition) is 0. The standard InChI is InChI=1S/C43H29NS/c1-4-14-30(15-5-1)43(39-22-12-10-20-35(39)36-21-11-13-23-40(36)43)31-24-26-41-37(28-31)38-29-34(25-27-42(38)45-41)44(32-16-6-2-7-17-32)33-18-8-3-9-19-33/h1-29H. The Balaban J connectivity index is 1.31. The van der Waals surface area contributed by atoms with Gasteiger partial charge in [-0.1, -0.05) is 121 Å². The van der Waals surface area contributed by atoms with Gasteiger partial charge in [0.15, 0.2) is 0 Å². The second-order valence-electron chi connectivity index (χ2n) is 11.7. The molecule has 0 radical (unpaired) electrons. The molecule has 0 amide bonds. The van der Waals surface area contributed by atoms with Crippen LogP contribution in [-0.2, 0) is 5.41 Å². The third-order valence-corrected chi connectivity index (χ3v) is 10.5. The van der Waals surface area contributed by atoms with Crippen molar-refractivity contribution < 1.29 is 0 Å². The smallest absolute Gasteiger partial charge is 0.0713 e. The Morgan fingerprint density at radius 3 is 1.47 bits per heavy atom. The van der Waals surface area contributed by atoms with Gasteiger partial charge in [-0.25, -0.2) is 0 Å². The van der Waals surface area contributed by atoms with E-state index in [9.17, 15) is 0 Å². The van der Waals surface area contributed by atoms with Crippen LogP contribution >= 0.6 is 11.3 Å². The molecular formula is C43H29NS. The molecule has 9 rings (SSSR count). The molecule has 0 unspecified atom stereocenters. The molecule has 0 bridgehead atoms. The summed E-state index contributed by atoms with van der Waals surface area (Å²) in [5, 5.41) is 2.58. The lowest BCUT2D eigenvalue weighted by Crippen LogP contribution is -2.28. The molecular weight excluding hydrogens is 563 g/mol. The molecule has 0 atom stereocenters. The Morgan fingerprint density at radius 2 is 0.867 bits per heavy atom. The normalized spacial score (nSPS) is 13.1. The number of benzene rings is 7. The van der Waals surface area contributed by atoms with Gasteiger partial charge >= 0.3 is 0 Å². The third-order valence-electron chi connectivity index (χ3n) is 9.33. The van der Waals surface area contributed by atoms with E-state index in [1.54, 1.807) is 0 Å². The first-order valence-electron chi connectivity index (χ1n) is 15.4. The van der Waals surface area contributed by atoms with E-state index in [1.165, 1.54) is 53.6 Å². The van der Waals surface area contributed by atoms with Crippen molar-refractivity contribution in [2.45, 2.75) is 5.41 Å². The van der Waals surface area contributed by atoms with Crippen molar-refractivity contribution in [3.05, 3.63) is 198 Å². The third kappa shape index (κ3) is 3.93. The minimum Gasteiger partial charge on any atom is -0.310 e. The van der Waals surface area contributed by atoms with Gasteiger partial charge in [-0.15, -0.1) is 11.3 Å². The van der Waals surface area contributed by atoms with Gasteiger partial charge in [0.25, 0.3) is 0 Å². The highest BCUT2D eigenvalue weighted by molar-refractivity contribution is 7.25. The summed E-state index contributed by atoms with van der Waals surface area (Å²) in [6.07, 6.45) is 0. The Bertz CT molecular complexity index is 2240. The minimum absolute atomic E-state index is 0.408. The highest BCUT2D eigenvalue weighted by atomic mass is 32.1. The fourth-order valence-electron chi connectivity index (χ4n) is 7.45. The lowest BCUT2D eigenvalue weighted by molar-refractivity contribution is 0.770. The van der Waals surface area contributed by atoms with Gasteiger partial charge in [0.2, 0.25) is 0 Å². The molecule has 0 spiro atoms. The average Bonchev–Trinajstić information content (AvgIpc) is 3.63. The number of fused-ring (bicyclic) bond motifs is 6. The summed E-state index contributed by atoms with van der Waals surface area (Å²) in [6, 6.07) is 64.4. The fraction of sp³-hybridized carbons (Fsp3) is 0.0233. The number of rotatable bonds is 5. The molecule has 1 aromatic heterocycles. The highest BCUT2D eigenvalue weighted by Crippen LogP contribution is 2.56. The Morgan fingerprint density at radius 1 is 0.378 bits per heavy atom. The topological polar surface area (TPSA) is 3.24 Å². The van der Waals surface area contributed by atoms with Crippen LogP contribution in [0.2, 0.25) is 0 Å². The van der Waals surface area contributed by atoms with Crippen molar-refractivity contribution in [3.8, 4) is 11.1 Å². The zero-order chi connectivity index (χ0) is 29.8. The quantitative estimate of drug-likeness (QED) is 0.192. The first-order valence-corrected chi connectivity index (χ1v) is 16.3. The molecule has 7 aromatic carbocycles. The van der Waals surface area contributed by atoms with Crippen molar-refractivity contribution in [1.29, 1.82) is 0 Å². The monoisotopic (exact) mass is 591 g/mol. The summed E-state index contributed by atoms with van der Waals surface area (Å²) in [5.41, 5.74) is 10.9. The Labute approximate surface area is 267 Å². The predicted octanol–water partition coefficient (Wildman–Crippen LogP) is 11.9. The van der Waals surface area contributed by atoms with Crippen LogP contribution < -0.4 is 4.90 Å². The molecule has 0 N–H and O–H groups in total. The zero-order valence-corrected chi connectivity index (χ0v) is 25.4. The van der Waals surface area contributed by atoms with E-state index >= 15 is 0 Å². The first-order chi connectivity index (χ1) is 22.3. The molecule has 8 aromatic rings. The van der Waals surface area contributed by atoms with Crippen LogP contribution in [-0.4, -0.2) is 0 Å². The van der Waals surface area contributed by atoms with E-state index < -0.39 is 5.41 Å². The summed E-state index contributed by atoms with van der Waals surface area (Å²) in [6.45, 7) is 0. The molecule has 1 nitrogen and oxygen atoms in total. The Hall–Kier alpha value is -5.44. The van der Waals surface area contributed by atoms with Crippen LogP contribution in [0.15, 0.2) is 176 Å². The number of anilines is 3. The van der Waals surface area contributed by atoms with Gasteiger partial charge in [0, 0.05) is 37.2 Å². The SMILES string of the molecule is c1ccc(N(c2ccccc2)c2ccc3sc4ccc(C5(c6ccccc6)c6ccccc6-c6ccccc65)cc4c3c2)cc1. The van der Waals surface area contributed by atoms with Gasteiger partial charge in [-0.05, 0) is 88.0 Å². The maximum absolute atomic E-state index is 2.47. The van der Waals surface area contributed by atoms with E-state index in [4.69, 9.17) is 0 Å². The predicted molar refractivity (Wildman–Crippen MR) is 191 cm³/mol. The molecule has 212 valence electrons. The Kier molecular flexibility index (Phi) is 5.97. The number of nitrogens with zero attached hydrogens (tertiary/aromatic N) is 1. The van der Waals surface area contributed by atoms with Crippen LogP contribution in [0.3, 0.4) is 0 Å². The maximum atomic E-state index is 2.47. The summed E-state index contributed by atoms with van der Waals surface area (Å²) < 4.78 is 2.60. The van der Waals surface area contributed by atoms with Crippen LogP contribution in [0, 0.1) is 0 Å². The number of para-hydroxylation sites is 2. The fourth-order valence-corrected chi connectivity index (χ4v) is 8.52. The zero-order valence-electron chi connectivity index (χ0n) is 24.6. The first kappa shape index (κ1) is 26.0. The van der Waals surface area contributed by atoms with Gasteiger partial charge < -0.3 is 4.90 Å². The summed E-state index contributed by atoms with van der Waals surface area (Å²) >= 11 is 1.87. The second kappa shape index (κ2) is 10.3. The van der Waals surface area contributed by atoms with Crippen LogP contribution in [0.4, 0.5) is 17.1 Å². The average molecular weight is 592 g/mol. The molecule has 0 fully saturated rings. The van der Waals surface area contributed by atoms with E-state index in [0.29, 0.717) is 0 Å². The molecule has 1 aliphatic rings. The summed E-state index contributed by atoms with van der Waals surface area (Å²) in [7, 11) is 0. The van der Waals surface area contributed by atoms with E-state index in [0.717, 1.165) is 17.1 Å². The van der Waals surface area contributed by atoms with Gasteiger partial charge in [-0.3, -0.25) is 0 Å². The summed E-state index contributed by atoms with van der Waals surface area (Å²) in [5.74, 6) is 0. The van der Waals surface area contributed by atoms with E-state index in [-0.39, 0.29) is 0 Å². The number of thiophene rings is 1. The van der Waals surface area contributed by atoms with Gasteiger partial charge in [0.1, 0.15) is 0 Å². The lowest BCUT2D eigenvalue weighted by atomic mass is 9.67. The van der Waals surface area contributed by atoms with Crippen molar-refractivity contribution in [2.24, 2.45) is 0 Å². The van der Waals surface area contributed by atoms with Crippen LogP contribution in [0.1, 0.15) is 22.3 Å². The van der Waals surface area contributed by atoms with Gasteiger partial charge in [-0.2, -0.15) is 0 Å². The maximum Gasteiger partial charge on any atom is 0.0713 e. The van der Waals surface area contributed by atoms with Crippen molar-refractivity contribution in [2.75, 3.05) is 4.90 Å². The second-order valence-corrected chi connectivity index (χ2v) is 12.8. The van der Waals surface area contributed by atoms with Crippen LogP contribution in [0.5, 0.6) is 0 Å². The largest absolute Gasteiger partial charge is 0.310 e.